The van der Waals surface area contributed by atoms with Gasteiger partial charge in [0.15, 0.2) is 0 Å². The first-order valence-corrected chi connectivity index (χ1v) is 7.08. The van der Waals surface area contributed by atoms with Gasteiger partial charge in [-0.1, -0.05) is 24.3 Å². The van der Waals surface area contributed by atoms with Crippen molar-refractivity contribution in [1.29, 1.82) is 0 Å². The number of hydrogen-bond acceptors (Lipinski definition) is 4. The molecule has 2 aromatic carbocycles. The molecule has 21 heavy (non-hydrogen) atoms. The average Bonchev–Trinajstić information content (AvgIpc) is 2.54. The lowest BCUT2D eigenvalue weighted by atomic mass is 9.99. The largest absolute Gasteiger partial charge is 0.497 e. The van der Waals surface area contributed by atoms with Crippen LogP contribution in [-0.2, 0) is 6.42 Å². The van der Waals surface area contributed by atoms with E-state index in [1.54, 1.807) is 7.11 Å². The number of methoxy groups -OCH3 is 1. The third-order valence-corrected chi connectivity index (χ3v) is 3.37. The Kier molecular flexibility index (Phi) is 5.60. The van der Waals surface area contributed by atoms with Crippen LogP contribution in [0.1, 0.15) is 24.1 Å². The van der Waals surface area contributed by atoms with Crippen LogP contribution in [0.15, 0.2) is 48.5 Å². The summed E-state index contributed by atoms with van der Waals surface area (Å²) in [6.07, 6.45) is 0.802. The lowest BCUT2D eigenvalue weighted by Crippen LogP contribution is -2.29. The van der Waals surface area contributed by atoms with E-state index in [9.17, 15) is 0 Å². The van der Waals surface area contributed by atoms with Crippen LogP contribution in [0, 0.1) is 0 Å². The quantitative estimate of drug-likeness (QED) is 0.607. The van der Waals surface area contributed by atoms with Gasteiger partial charge in [0.1, 0.15) is 11.5 Å². The van der Waals surface area contributed by atoms with Crippen molar-refractivity contribution in [2.45, 2.75) is 19.4 Å². The summed E-state index contributed by atoms with van der Waals surface area (Å²) in [5.74, 6) is 7.44. The van der Waals surface area contributed by atoms with E-state index in [0.29, 0.717) is 6.61 Å². The summed E-state index contributed by atoms with van der Waals surface area (Å²) in [4.78, 5) is 0. The minimum Gasteiger partial charge on any atom is -0.497 e. The second kappa shape index (κ2) is 7.67. The van der Waals surface area contributed by atoms with Gasteiger partial charge in [0.25, 0.3) is 0 Å². The van der Waals surface area contributed by atoms with Gasteiger partial charge in [-0.25, -0.2) is 0 Å². The number of hydrogen-bond donors (Lipinski definition) is 2. The van der Waals surface area contributed by atoms with Crippen LogP contribution in [0.5, 0.6) is 11.5 Å². The van der Waals surface area contributed by atoms with E-state index in [0.717, 1.165) is 23.5 Å². The fraction of sp³-hybridized carbons (Fsp3) is 0.294. The van der Waals surface area contributed by atoms with E-state index in [1.165, 1.54) is 5.56 Å². The SMILES string of the molecule is CCOc1cccc(C(Cc2ccc(OC)cc2)NN)c1. The highest BCUT2D eigenvalue weighted by atomic mass is 16.5. The number of nitrogens with two attached hydrogens (primary N) is 1. The molecule has 0 radical (unpaired) electrons. The molecule has 3 N–H and O–H groups in total. The van der Waals surface area contributed by atoms with E-state index in [4.69, 9.17) is 15.3 Å². The van der Waals surface area contributed by atoms with Gasteiger partial charge in [-0.05, 0) is 48.7 Å². The summed E-state index contributed by atoms with van der Waals surface area (Å²) in [6, 6.07) is 16.1. The van der Waals surface area contributed by atoms with Crippen molar-refractivity contribution in [2.75, 3.05) is 13.7 Å². The van der Waals surface area contributed by atoms with Crippen LogP contribution in [0.4, 0.5) is 0 Å². The molecule has 0 aliphatic rings. The van der Waals surface area contributed by atoms with Crippen LogP contribution in [-0.4, -0.2) is 13.7 Å². The molecular weight excluding hydrogens is 264 g/mol. The van der Waals surface area contributed by atoms with Gasteiger partial charge in [0, 0.05) is 0 Å². The molecule has 0 fully saturated rings. The van der Waals surface area contributed by atoms with E-state index in [2.05, 4.69) is 23.6 Å². The minimum absolute atomic E-state index is 0.0406. The Labute approximate surface area is 125 Å². The van der Waals surface area contributed by atoms with Gasteiger partial charge in [-0.15, -0.1) is 0 Å². The molecular formula is C17H22N2O2. The van der Waals surface area contributed by atoms with Crippen LogP contribution < -0.4 is 20.7 Å². The molecule has 0 aliphatic heterocycles. The normalized spacial score (nSPS) is 12.0. The minimum atomic E-state index is 0.0406. The third-order valence-electron chi connectivity index (χ3n) is 3.37. The van der Waals surface area contributed by atoms with Gasteiger partial charge in [0.2, 0.25) is 0 Å². The Hall–Kier alpha value is -2.04. The number of nitrogens with one attached hydrogen (secondary N) is 1. The molecule has 0 amide bonds. The van der Waals surface area contributed by atoms with Crippen molar-refractivity contribution in [3.05, 3.63) is 59.7 Å². The fourth-order valence-electron chi connectivity index (χ4n) is 2.26. The first-order valence-electron chi connectivity index (χ1n) is 7.08. The van der Waals surface area contributed by atoms with Gasteiger partial charge in [-0.3, -0.25) is 11.3 Å². The van der Waals surface area contributed by atoms with Crippen molar-refractivity contribution in [2.24, 2.45) is 5.84 Å². The monoisotopic (exact) mass is 286 g/mol. The standard InChI is InChI=1S/C17H22N2O2/c1-3-21-16-6-4-5-14(12-16)17(19-18)11-13-7-9-15(20-2)10-8-13/h4-10,12,17,19H,3,11,18H2,1-2H3. The summed E-state index contributed by atoms with van der Waals surface area (Å²) < 4.78 is 10.7. The van der Waals surface area contributed by atoms with Crippen LogP contribution in [0.3, 0.4) is 0 Å². The molecule has 0 saturated heterocycles. The highest BCUT2D eigenvalue weighted by molar-refractivity contribution is 5.33. The Balaban J connectivity index is 2.12. The maximum absolute atomic E-state index is 5.72. The topological polar surface area (TPSA) is 56.5 Å². The Morgan fingerprint density at radius 2 is 1.86 bits per heavy atom. The summed E-state index contributed by atoms with van der Waals surface area (Å²) >= 11 is 0. The van der Waals surface area contributed by atoms with Crippen molar-refractivity contribution in [1.82, 2.24) is 5.43 Å². The van der Waals surface area contributed by atoms with Crippen molar-refractivity contribution in [3.8, 4) is 11.5 Å². The Morgan fingerprint density at radius 3 is 2.48 bits per heavy atom. The predicted molar refractivity (Wildman–Crippen MR) is 84.4 cm³/mol. The van der Waals surface area contributed by atoms with Crippen molar-refractivity contribution in [3.63, 3.8) is 0 Å². The molecule has 0 saturated carbocycles. The second-order valence-electron chi connectivity index (χ2n) is 4.78. The highest BCUT2D eigenvalue weighted by Gasteiger charge is 2.11. The number of rotatable bonds is 7. The molecule has 112 valence electrons. The van der Waals surface area contributed by atoms with Crippen LogP contribution >= 0.6 is 0 Å². The smallest absolute Gasteiger partial charge is 0.119 e. The number of benzene rings is 2. The predicted octanol–water partition coefficient (Wildman–Crippen LogP) is 2.84. The molecule has 4 heteroatoms. The molecule has 0 aliphatic carbocycles. The van der Waals surface area contributed by atoms with Gasteiger partial charge in [0.05, 0.1) is 19.8 Å². The second-order valence-corrected chi connectivity index (χ2v) is 4.78. The lowest BCUT2D eigenvalue weighted by molar-refractivity contribution is 0.339. The lowest BCUT2D eigenvalue weighted by Gasteiger charge is -2.17. The van der Waals surface area contributed by atoms with Crippen molar-refractivity contribution >= 4 is 0 Å². The summed E-state index contributed by atoms with van der Waals surface area (Å²) in [7, 11) is 1.67. The Bertz CT molecular complexity index is 555. The molecule has 1 unspecified atom stereocenters. The zero-order chi connectivity index (χ0) is 15.1. The molecule has 1 atom stereocenters. The molecule has 0 aromatic heterocycles. The summed E-state index contributed by atoms with van der Waals surface area (Å²) in [5, 5.41) is 0. The Morgan fingerprint density at radius 1 is 1.10 bits per heavy atom. The maximum Gasteiger partial charge on any atom is 0.119 e. The summed E-state index contributed by atoms with van der Waals surface area (Å²) in [5.41, 5.74) is 5.18. The van der Waals surface area contributed by atoms with E-state index in [-0.39, 0.29) is 6.04 Å². The molecule has 0 spiro atoms. The van der Waals surface area contributed by atoms with Crippen molar-refractivity contribution < 1.29 is 9.47 Å². The zero-order valence-electron chi connectivity index (χ0n) is 12.5. The summed E-state index contributed by atoms with van der Waals surface area (Å²) in [6.45, 7) is 2.63. The molecule has 2 aromatic rings. The average molecular weight is 286 g/mol. The van der Waals surface area contributed by atoms with E-state index < -0.39 is 0 Å². The first-order chi connectivity index (χ1) is 10.3. The highest BCUT2D eigenvalue weighted by Crippen LogP contribution is 2.23. The third kappa shape index (κ3) is 4.21. The molecule has 0 heterocycles. The fourth-order valence-corrected chi connectivity index (χ4v) is 2.26. The number of ether oxygens (including phenoxy) is 2. The molecule has 4 nitrogen and oxygen atoms in total. The van der Waals surface area contributed by atoms with Gasteiger partial charge >= 0.3 is 0 Å². The zero-order valence-corrected chi connectivity index (χ0v) is 12.5. The molecule has 0 bridgehead atoms. The van der Waals surface area contributed by atoms with E-state index >= 15 is 0 Å². The van der Waals surface area contributed by atoms with Crippen LogP contribution in [0.25, 0.3) is 0 Å². The molecule has 2 rings (SSSR count). The van der Waals surface area contributed by atoms with Gasteiger partial charge < -0.3 is 9.47 Å². The first kappa shape index (κ1) is 15.4. The number of hydrazine groups is 1. The van der Waals surface area contributed by atoms with Crippen LogP contribution in [0.2, 0.25) is 0 Å². The van der Waals surface area contributed by atoms with E-state index in [1.807, 2.05) is 37.3 Å². The maximum atomic E-state index is 5.72. The van der Waals surface area contributed by atoms with Gasteiger partial charge in [-0.2, -0.15) is 0 Å².